The van der Waals surface area contributed by atoms with Gasteiger partial charge in [0.2, 0.25) is 11.8 Å². The molecule has 3 aromatic carbocycles. The van der Waals surface area contributed by atoms with Crippen LogP contribution in [0, 0.1) is 11.7 Å². The molecule has 4 nitrogen and oxygen atoms in total. The van der Waals surface area contributed by atoms with Gasteiger partial charge in [0.05, 0.1) is 13.0 Å². The number of carbonyl (C=O) groups is 2. The van der Waals surface area contributed by atoms with Gasteiger partial charge >= 0.3 is 0 Å². The summed E-state index contributed by atoms with van der Waals surface area (Å²) in [5.41, 5.74) is 3.61. The van der Waals surface area contributed by atoms with E-state index in [1.165, 1.54) is 17.7 Å². The van der Waals surface area contributed by atoms with Crippen molar-refractivity contribution in [2.45, 2.75) is 45.1 Å². The molecule has 0 radical (unpaired) electrons. The minimum absolute atomic E-state index is 0.0172. The van der Waals surface area contributed by atoms with Gasteiger partial charge < -0.3 is 10.2 Å². The summed E-state index contributed by atoms with van der Waals surface area (Å²) in [6.07, 6.45) is 5.03. The van der Waals surface area contributed by atoms with E-state index < -0.39 is 0 Å². The Kier molecular flexibility index (Phi) is 8.08. The molecule has 176 valence electrons. The average Bonchev–Trinajstić information content (AvgIpc) is 3.39. The second-order valence-electron chi connectivity index (χ2n) is 8.96. The van der Waals surface area contributed by atoms with Gasteiger partial charge in [-0.15, -0.1) is 0 Å². The zero-order valence-corrected chi connectivity index (χ0v) is 19.4. The van der Waals surface area contributed by atoms with Gasteiger partial charge in [0.1, 0.15) is 5.82 Å². The SMILES string of the molecule is O=C(Cc1ccc(N(Cc2cccc(F)c2)C(=O)C2CCCC2)cc1)NCCc1ccccc1. The van der Waals surface area contributed by atoms with Gasteiger partial charge in [-0.25, -0.2) is 4.39 Å². The molecule has 0 bridgehead atoms. The van der Waals surface area contributed by atoms with E-state index in [-0.39, 0.29) is 30.0 Å². The fraction of sp³-hybridized carbons (Fsp3) is 0.310. The minimum atomic E-state index is -0.306. The Bertz CT molecular complexity index is 1090. The highest BCUT2D eigenvalue weighted by atomic mass is 19.1. The van der Waals surface area contributed by atoms with Gasteiger partial charge in [-0.3, -0.25) is 9.59 Å². The van der Waals surface area contributed by atoms with E-state index in [1.807, 2.05) is 60.7 Å². The first-order valence-corrected chi connectivity index (χ1v) is 12.0. The first-order valence-electron chi connectivity index (χ1n) is 12.0. The van der Waals surface area contributed by atoms with Gasteiger partial charge in [0.25, 0.3) is 0 Å². The molecular weight excluding hydrogens is 427 g/mol. The molecular formula is C29H31FN2O2. The summed E-state index contributed by atoms with van der Waals surface area (Å²) in [7, 11) is 0. The maximum Gasteiger partial charge on any atom is 0.230 e. The summed E-state index contributed by atoms with van der Waals surface area (Å²) < 4.78 is 13.7. The van der Waals surface area contributed by atoms with E-state index in [0.29, 0.717) is 13.1 Å². The van der Waals surface area contributed by atoms with Crippen molar-refractivity contribution in [1.29, 1.82) is 0 Å². The van der Waals surface area contributed by atoms with Crippen LogP contribution in [0.5, 0.6) is 0 Å². The number of amides is 2. The number of hydrogen-bond acceptors (Lipinski definition) is 2. The largest absolute Gasteiger partial charge is 0.355 e. The first kappa shape index (κ1) is 23.7. The highest BCUT2D eigenvalue weighted by Crippen LogP contribution is 2.30. The molecule has 4 rings (SSSR count). The molecule has 3 aromatic rings. The number of hydrogen-bond donors (Lipinski definition) is 1. The van der Waals surface area contributed by atoms with Crippen LogP contribution in [0.2, 0.25) is 0 Å². The third kappa shape index (κ3) is 6.53. The maximum absolute atomic E-state index is 13.7. The molecule has 1 aliphatic rings. The Morgan fingerprint density at radius 2 is 1.56 bits per heavy atom. The zero-order chi connectivity index (χ0) is 23.8. The van der Waals surface area contributed by atoms with Crippen LogP contribution in [0.4, 0.5) is 10.1 Å². The molecule has 0 heterocycles. The van der Waals surface area contributed by atoms with Crippen LogP contribution < -0.4 is 10.2 Å². The Labute approximate surface area is 200 Å². The topological polar surface area (TPSA) is 49.4 Å². The van der Waals surface area contributed by atoms with Crippen LogP contribution in [-0.4, -0.2) is 18.4 Å². The Morgan fingerprint density at radius 1 is 0.853 bits per heavy atom. The molecule has 2 amide bonds. The summed E-state index contributed by atoms with van der Waals surface area (Å²) in [4.78, 5) is 27.4. The average molecular weight is 459 g/mol. The molecule has 0 aromatic heterocycles. The molecule has 0 saturated heterocycles. The lowest BCUT2D eigenvalue weighted by molar-refractivity contribution is -0.122. The lowest BCUT2D eigenvalue weighted by Gasteiger charge is -2.26. The van der Waals surface area contributed by atoms with E-state index in [0.717, 1.165) is 48.9 Å². The van der Waals surface area contributed by atoms with Crippen LogP contribution >= 0.6 is 0 Å². The minimum Gasteiger partial charge on any atom is -0.355 e. The molecule has 0 aliphatic heterocycles. The number of benzene rings is 3. The Morgan fingerprint density at radius 3 is 2.26 bits per heavy atom. The van der Waals surface area contributed by atoms with Crippen molar-refractivity contribution in [3.63, 3.8) is 0 Å². The quantitative estimate of drug-likeness (QED) is 0.464. The van der Waals surface area contributed by atoms with Crippen LogP contribution in [0.25, 0.3) is 0 Å². The number of carbonyl (C=O) groups excluding carboxylic acids is 2. The van der Waals surface area contributed by atoms with Gasteiger partial charge in [0.15, 0.2) is 0 Å². The third-order valence-electron chi connectivity index (χ3n) is 6.39. The molecule has 0 atom stereocenters. The van der Waals surface area contributed by atoms with Crippen molar-refractivity contribution in [2.75, 3.05) is 11.4 Å². The van der Waals surface area contributed by atoms with Crippen LogP contribution in [-0.2, 0) is 29.0 Å². The summed E-state index contributed by atoms with van der Waals surface area (Å²) in [5, 5.41) is 2.97. The van der Waals surface area contributed by atoms with Crippen molar-refractivity contribution >= 4 is 17.5 Å². The first-order chi connectivity index (χ1) is 16.6. The molecule has 0 unspecified atom stereocenters. The van der Waals surface area contributed by atoms with E-state index >= 15 is 0 Å². The van der Waals surface area contributed by atoms with E-state index in [2.05, 4.69) is 5.32 Å². The predicted octanol–water partition coefficient (Wildman–Crippen LogP) is 5.45. The van der Waals surface area contributed by atoms with E-state index in [4.69, 9.17) is 0 Å². The molecule has 1 saturated carbocycles. The summed E-state index contributed by atoms with van der Waals surface area (Å²) in [6.45, 7) is 0.921. The third-order valence-corrected chi connectivity index (χ3v) is 6.39. The number of rotatable bonds is 9. The fourth-order valence-electron chi connectivity index (χ4n) is 4.54. The molecule has 1 fully saturated rings. The summed E-state index contributed by atoms with van der Waals surface area (Å²) in [5.74, 6) is -0.224. The number of nitrogens with zero attached hydrogens (tertiary/aromatic N) is 1. The van der Waals surface area contributed by atoms with E-state index in [1.54, 1.807) is 11.0 Å². The smallest absolute Gasteiger partial charge is 0.230 e. The number of anilines is 1. The van der Waals surface area contributed by atoms with Crippen molar-refractivity contribution < 1.29 is 14.0 Å². The summed E-state index contributed by atoms with van der Waals surface area (Å²) >= 11 is 0. The zero-order valence-electron chi connectivity index (χ0n) is 19.4. The molecule has 1 N–H and O–H groups in total. The van der Waals surface area contributed by atoms with Gasteiger partial charge in [-0.2, -0.15) is 0 Å². The summed E-state index contributed by atoms with van der Waals surface area (Å²) in [6, 6.07) is 24.0. The second kappa shape index (κ2) is 11.6. The van der Waals surface area contributed by atoms with Crippen LogP contribution in [0.1, 0.15) is 42.4 Å². The normalized spacial score (nSPS) is 13.6. The molecule has 1 aliphatic carbocycles. The fourth-order valence-corrected chi connectivity index (χ4v) is 4.54. The van der Waals surface area contributed by atoms with E-state index in [9.17, 15) is 14.0 Å². The Balaban J connectivity index is 1.39. The lowest BCUT2D eigenvalue weighted by Crippen LogP contribution is -2.35. The molecule has 5 heteroatoms. The Hall–Kier alpha value is -3.47. The van der Waals surface area contributed by atoms with Gasteiger partial charge in [0, 0.05) is 18.2 Å². The highest BCUT2D eigenvalue weighted by Gasteiger charge is 2.28. The van der Waals surface area contributed by atoms with Crippen molar-refractivity contribution in [3.05, 3.63) is 101 Å². The maximum atomic E-state index is 13.7. The number of nitrogens with one attached hydrogen (secondary N) is 1. The highest BCUT2D eigenvalue weighted by molar-refractivity contribution is 5.95. The van der Waals surface area contributed by atoms with Gasteiger partial charge in [-0.05, 0) is 60.2 Å². The molecule has 0 spiro atoms. The molecule has 34 heavy (non-hydrogen) atoms. The van der Waals surface area contributed by atoms with Crippen molar-refractivity contribution in [2.24, 2.45) is 5.92 Å². The monoisotopic (exact) mass is 458 g/mol. The van der Waals surface area contributed by atoms with Crippen molar-refractivity contribution in [3.8, 4) is 0 Å². The van der Waals surface area contributed by atoms with Crippen LogP contribution in [0.3, 0.4) is 0 Å². The van der Waals surface area contributed by atoms with Gasteiger partial charge in [-0.1, -0.05) is 67.4 Å². The van der Waals surface area contributed by atoms with Crippen LogP contribution in [0.15, 0.2) is 78.9 Å². The predicted molar refractivity (Wildman–Crippen MR) is 133 cm³/mol. The number of halogens is 1. The standard InChI is InChI=1S/C29H31FN2O2/c30-26-12-6-9-24(19-26)21-32(29(34)25-10-4-5-11-25)27-15-13-23(14-16-27)20-28(33)31-18-17-22-7-2-1-3-8-22/h1-3,6-9,12-16,19,25H,4-5,10-11,17-18,20-21H2,(H,31,33). The lowest BCUT2D eigenvalue weighted by atomic mass is 10.0. The van der Waals surface area contributed by atoms with Crippen molar-refractivity contribution in [1.82, 2.24) is 5.32 Å². The second-order valence-corrected chi connectivity index (χ2v) is 8.96.